The Labute approximate surface area is 182 Å². The smallest absolute Gasteiger partial charge is 0.349 e. The minimum absolute atomic E-state index is 0.152. The Morgan fingerprint density at radius 2 is 2.10 bits per heavy atom. The lowest BCUT2D eigenvalue weighted by atomic mass is 10.1. The summed E-state index contributed by atoms with van der Waals surface area (Å²) in [4.78, 5) is 24.5. The Balaban J connectivity index is 1.64. The third-order valence-electron chi connectivity index (χ3n) is 5.42. The molecule has 0 spiro atoms. The number of para-hydroxylation sites is 1. The molecule has 3 rings (SSSR count). The number of carbonyl (C=O) groups excluding carboxylic acids is 2. The van der Waals surface area contributed by atoms with E-state index in [9.17, 15) is 14.9 Å². The van der Waals surface area contributed by atoms with E-state index in [4.69, 9.17) is 9.47 Å². The lowest BCUT2D eigenvalue weighted by molar-refractivity contribution is -0.142. The molecule has 1 fully saturated rings. The standard InChI is InChI=1S/C24H27N3O4/c1-16-7-4-5-9-22(16)26-23(28)15-31-24(29)20(13-25)12-19-11-17(2)27(18(19)3)14-21-8-6-10-30-21/h4-5,7,9,11-12,21H,6,8,10,14-15H2,1-3H3,(H,26,28)/b20-12+/t21-/m1/s1. The van der Waals surface area contributed by atoms with Gasteiger partial charge in [0, 0.05) is 30.2 Å². The summed E-state index contributed by atoms with van der Waals surface area (Å²) >= 11 is 0. The zero-order valence-electron chi connectivity index (χ0n) is 18.1. The maximum atomic E-state index is 12.4. The number of rotatable bonds is 7. The van der Waals surface area contributed by atoms with Gasteiger partial charge in [-0.1, -0.05) is 18.2 Å². The van der Waals surface area contributed by atoms with Gasteiger partial charge < -0.3 is 19.4 Å². The molecule has 31 heavy (non-hydrogen) atoms. The highest BCUT2D eigenvalue weighted by Gasteiger charge is 2.20. The Kier molecular flexibility index (Phi) is 7.27. The number of carbonyl (C=O) groups is 2. The van der Waals surface area contributed by atoms with Crippen LogP contribution in [0.3, 0.4) is 0 Å². The summed E-state index contributed by atoms with van der Waals surface area (Å²) in [6.45, 7) is 6.87. The monoisotopic (exact) mass is 421 g/mol. The first kappa shape index (κ1) is 22.3. The van der Waals surface area contributed by atoms with Crippen LogP contribution in [0.1, 0.15) is 35.4 Å². The van der Waals surface area contributed by atoms with Crippen LogP contribution in [0.2, 0.25) is 0 Å². The van der Waals surface area contributed by atoms with Crippen molar-refractivity contribution in [1.82, 2.24) is 4.57 Å². The highest BCUT2D eigenvalue weighted by atomic mass is 16.5. The Morgan fingerprint density at radius 3 is 2.77 bits per heavy atom. The molecule has 162 valence electrons. The molecule has 0 aliphatic carbocycles. The molecule has 0 saturated carbocycles. The first-order valence-electron chi connectivity index (χ1n) is 10.3. The summed E-state index contributed by atoms with van der Waals surface area (Å²) in [5.41, 5.74) is 4.15. The van der Waals surface area contributed by atoms with Crippen molar-refractivity contribution < 1.29 is 19.1 Å². The van der Waals surface area contributed by atoms with Gasteiger partial charge in [0.15, 0.2) is 6.61 Å². The number of esters is 1. The molecule has 1 amide bonds. The van der Waals surface area contributed by atoms with Crippen molar-refractivity contribution in [3.8, 4) is 6.07 Å². The van der Waals surface area contributed by atoms with Crippen molar-refractivity contribution in [2.45, 2.75) is 46.3 Å². The van der Waals surface area contributed by atoms with Crippen LogP contribution in [-0.2, 0) is 25.6 Å². The number of hydrogen-bond donors (Lipinski definition) is 1. The predicted molar refractivity (Wildman–Crippen MR) is 117 cm³/mol. The van der Waals surface area contributed by atoms with E-state index in [-0.39, 0.29) is 11.7 Å². The number of amides is 1. The van der Waals surface area contributed by atoms with Gasteiger partial charge in [-0.15, -0.1) is 0 Å². The molecule has 1 aromatic heterocycles. The molecule has 7 nitrogen and oxygen atoms in total. The van der Waals surface area contributed by atoms with Crippen molar-refractivity contribution in [2.75, 3.05) is 18.5 Å². The maximum Gasteiger partial charge on any atom is 0.349 e. The van der Waals surface area contributed by atoms with Gasteiger partial charge in [-0.3, -0.25) is 4.79 Å². The number of nitrogens with one attached hydrogen (secondary N) is 1. The Bertz CT molecular complexity index is 1040. The summed E-state index contributed by atoms with van der Waals surface area (Å²) in [6.07, 6.45) is 3.80. The van der Waals surface area contributed by atoms with Crippen LogP contribution in [0.15, 0.2) is 35.9 Å². The van der Waals surface area contributed by atoms with Crippen LogP contribution in [0.4, 0.5) is 5.69 Å². The number of benzene rings is 1. The number of aryl methyl sites for hydroxylation is 2. The number of aromatic nitrogens is 1. The summed E-state index contributed by atoms with van der Waals surface area (Å²) in [7, 11) is 0. The van der Waals surface area contributed by atoms with Gasteiger partial charge >= 0.3 is 5.97 Å². The Hall–Kier alpha value is -3.37. The number of ether oxygens (including phenoxy) is 2. The fraction of sp³-hybridized carbons (Fsp3) is 0.375. The average Bonchev–Trinajstić information content (AvgIpc) is 3.36. The molecule has 0 radical (unpaired) electrons. The van der Waals surface area contributed by atoms with Gasteiger partial charge in [-0.25, -0.2) is 4.79 Å². The lowest BCUT2D eigenvalue weighted by Gasteiger charge is -2.14. The lowest BCUT2D eigenvalue weighted by Crippen LogP contribution is -2.21. The van der Waals surface area contributed by atoms with Crippen molar-refractivity contribution in [3.63, 3.8) is 0 Å². The summed E-state index contributed by atoms with van der Waals surface area (Å²) in [6, 6.07) is 11.1. The van der Waals surface area contributed by atoms with E-state index in [0.29, 0.717) is 5.69 Å². The summed E-state index contributed by atoms with van der Waals surface area (Å²) < 4.78 is 12.9. The topological polar surface area (TPSA) is 93.4 Å². The minimum atomic E-state index is -0.827. The second-order valence-corrected chi connectivity index (χ2v) is 7.68. The van der Waals surface area contributed by atoms with Crippen LogP contribution in [-0.4, -0.2) is 35.8 Å². The molecule has 1 aromatic carbocycles. The molecule has 7 heteroatoms. The van der Waals surface area contributed by atoms with Gasteiger partial charge in [-0.05, 0) is 62.9 Å². The first-order chi connectivity index (χ1) is 14.9. The van der Waals surface area contributed by atoms with Crippen molar-refractivity contribution in [3.05, 3.63) is 58.4 Å². The number of nitrogens with zero attached hydrogens (tertiary/aromatic N) is 2. The molecule has 2 heterocycles. The van der Waals surface area contributed by atoms with Crippen LogP contribution < -0.4 is 5.32 Å². The number of anilines is 1. The van der Waals surface area contributed by atoms with Crippen LogP contribution in [0.25, 0.3) is 6.08 Å². The maximum absolute atomic E-state index is 12.4. The third-order valence-corrected chi connectivity index (χ3v) is 5.42. The average molecular weight is 421 g/mol. The van der Waals surface area contributed by atoms with Crippen LogP contribution >= 0.6 is 0 Å². The van der Waals surface area contributed by atoms with Gasteiger partial charge in [-0.2, -0.15) is 5.26 Å². The highest BCUT2D eigenvalue weighted by Crippen LogP contribution is 2.22. The molecule has 2 aromatic rings. The third kappa shape index (κ3) is 5.62. The molecular formula is C24H27N3O4. The second-order valence-electron chi connectivity index (χ2n) is 7.68. The van der Waals surface area contributed by atoms with Gasteiger partial charge in [0.25, 0.3) is 5.91 Å². The fourth-order valence-electron chi connectivity index (χ4n) is 3.65. The van der Waals surface area contributed by atoms with Crippen molar-refractivity contribution in [2.24, 2.45) is 0 Å². The number of hydrogen-bond acceptors (Lipinski definition) is 5. The van der Waals surface area contributed by atoms with E-state index in [1.54, 1.807) is 12.1 Å². The zero-order valence-corrected chi connectivity index (χ0v) is 18.1. The van der Waals surface area contributed by atoms with Crippen molar-refractivity contribution >= 4 is 23.6 Å². The SMILES string of the molecule is Cc1ccccc1NC(=O)COC(=O)/C(C#N)=C/c1cc(C)n(C[C@H]2CCCO2)c1C. The first-order valence-corrected chi connectivity index (χ1v) is 10.3. The molecule has 0 bridgehead atoms. The largest absolute Gasteiger partial charge is 0.451 e. The Morgan fingerprint density at radius 1 is 1.32 bits per heavy atom. The molecule has 1 aliphatic heterocycles. The van der Waals surface area contributed by atoms with Gasteiger partial charge in [0.05, 0.1) is 6.10 Å². The molecule has 1 atom stereocenters. The quantitative estimate of drug-likeness (QED) is 0.418. The van der Waals surface area contributed by atoms with E-state index >= 15 is 0 Å². The van der Waals surface area contributed by atoms with Gasteiger partial charge in [0.1, 0.15) is 11.6 Å². The van der Waals surface area contributed by atoms with E-state index in [2.05, 4.69) is 9.88 Å². The molecule has 1 N–H and O–H groups in total. The van der Waals surface area contributed by atoms with E-state index < -0.39 is 18.5 Å². The second kappa shape index (κ2) is 10.1. The van der Waals surface area contributed by atoms with Crippen LogP contribution in [0, 0.1) is 32.1 Å². The summed E-state index contributed by atoms with van der Waals surface area (Å²) in [5, 5.41) is 12.1. The van der Waals surface area contributed by atoms with Gasteiger partial charge in [0.2, 0.25) is 0 Å². The fourth-order valence-corrected chi connectivity index (χ4v) is 3.65. The predicted octanol–water partition coefficient (Wildman–Crippen LogP) is 3.68. The van der Waals surface area contributed by atoms with Crippen LogP contribution in [0.5, 0.6) is 0 Å². The molecular weight excluding hydrogens is 394 g/mol. The van der Waals surface area contributed by atoms with E-state index in [0.717, 1.165) is 48.5 Å². The number of nitriles is 1. The normalized spacial score (nSPS) is 16.1. The highest BCUT2D eigenvalue weighted by molar-refractivity contribution is 6.00. The zero-order chi connectivity index (χ0) is 22.4. The molecule has 1 aliphatic rings. The molecule has 0 unspecified atom stereocenters. The van der Waals surface area contributed by atoms with E-state index in [1.165, 1.54) is 6.08 Å². The van der Waals surface area contributed by atoms with Crippen molar-refractivity contribution in [1.29, 1.82) is 5.26 Å². The molecule has 1 saturated heterocycles. The van der Waals surface area contributed by atoms with E-state index in [1.807, 2.05) is 45.0 Å². The minimum Gasteiger partial charge on any atom is -0.451 e. The summed E-state index contributed by atoms with van der Waals surface area (Å²) in [5.74, 6) is -1.29.